The SMILES string of the molecule is Cc1c(N=Cc2cccn2-c2cccc(Br)c2)cccc1C(=O)O. The van der Waals surface area contributed by atoms with E-state index in [0.29, 0.717) is 11.3 Å². The lowest BCUT2D eigenvalue weighted by Crippen LogP contribution is -2.00. The van der Waals surface area contributed by atoms with Crippen LogP contribution in [0.25, 0.3) is 5.69 Å². The van der Waals surface area contributed by atoms with Crippen molar-refractivity contribution in [3.63, 3.8) is 0 Å². The third-order valence-electron chi connectivity index (χ3n) is 3.74. The Morgan fingerprint density at radius 1 is 1.17 bits per heavy atom. The first kappa shape index (κ1) is 16.2. The van der Waals surface area contributed by atoms with Gasteiger partial charge >= 0.3 is 5.97 Å². The molecule has 120 valence electrons. The molecular weight excluding hydrogens is 368 g/mol. The molecule has 0 aliphatic rings. The van der Waals surface area contributed by atoms with Gasteiger partial charge in [-0.1, -0.05) is 28.1 Å². The average Bonchev–Trinajstić information content (AvgIpc) is 3.02. The van der Waals surface area contributed by atoms with Gasteiger partial charge in [-0.15, -0.1) is 0 Å². The molecule has 0 aliphatic carbocycles. The number of carboxylic acid groups (broad SMARTS) is 1. The second kappa shape index (κ2) is 6.84. The Morgan fingerprint density at radius 2 is 1.96 bits per heavy atom. The van der Waals surface area contributed by atoms with Gasteiger partial charge in [0.1, 0.15) is 0 Å². The molecule has 0 fully saturated rings. The molecule has 0 saturated heterocycles. The van der Waals surface area contributed by atoms with Gasteiger partial charge in [0.05, 0.1) is 23.2 Å². The smallest absolute Gasteiger partial charge is 0.336 e. The van der Waals surface area contributed by atoms with E-state index < -0.39 is 5.97 Å². The summed E-state index contributed by atoms with van der Waals surface area (Å²) in [4.78, 5) is 15.7. The Balaban J connectivity index is 1.96. The first-order chi connectivity index (χ1) is 11.6. The number of halogens is 1. The molecule has 1 N–H and O–H groups in total. The lowest BCUT2D eigenvalue weighted by Gasteiger charge is -2.07. The predicted molar refractivity (Wildman–Crippen MR) is 98.9 cm³/mol. The van der Waals surface area contributed by atoms with E-state index in [-0.39, 0.29) is 5.56 Å². The van der Waals surface area contributed by atoms with Crippen LogP contribution >= 0.6 is 15.9 Å². The third-order valence-corrected chi connectivity index (χ3v) is 4.23. The molecule has 0 atom stereocenters. The van der Waals surface area contributed by atoms with Gasteiger partial charge in [-0.25, -0.2) is 4.79 Å². The van der Waals surface area contributed by atoms with Crippen molar-refractivity contribution in [2.75, 3.05) is 0 Å². The molecule has 1 heterocycles. The van der Waals surface area contributed by atoms with Gasteiger partial charge < -0.3 is 9.67 Å². The Morgan fingerprint density at radius 3 is 2.71 bits per heavy atom. The maximum Gasteiger partial charge on any atom is 0.336 e. The number of aromatic nitrogens is 1. The largest absolute Gasteiger partial charge is 0.478 e. The highest BCUT2D eigenvalue weighted by Gasteiger charge is 2.09. The molecule has 0 saturated carbocycles. The van der Waals surface area contributed by atoms with Crippen LogP contribution in [0.1, 0.15) is 21.6 Å². The number of carboxylic acids is 1. The van der Waals surface area contributed by atoms with Gasteiger partial charge in [0.15, 0.2) is 0 Å². The molecule has 5 heteroatoms. The normalized spacial score (nSPS) is 11.1. The van der Waals surface area contributed by atoms with Crippen LogP contribution in [0.2, 0.25) is 0 Å². The Kier molecular flexibility index (Phi) is 4.62. The van der Waals surface area contributed by atoms with Crippen molar-refractivity contribution < 1.29 is 9.90 Å². The quantitative estimate of drug-likeness (QED) is 0.645. The second-order valence-electron chi connectivity index (χ2n) is 5.30. The van der Waals surface area contributed by atoms with E-state index >= 15 is 0 Å². The molecule has 4 nitrogen and oxygen atoms in total. The summed E-state index contributed by atoms with van der Waals surface area (Å²) in [5.74, 6) is -0.943. The summed E-state index contributed by atoms with van der Waals surface area (Å²) in [7, 11) is 0. The lowest BCUT2D eigenvalue weighted by atomic mass is 10.1. The molecule has 3 rings (SSSR count). The van der Waals surface area contributed by atoms with Gasteiger partial charge in [-0.05, 0) is 55.0 Å². The summed E-state index contributed by atoms with van der Waals surface area (Å²) in [5.41, 5.74) is 3.51. The zero-order chi connectivity index (χ0) is 17.1. The molecule has 2 aromatic carbocycles. The summed E-state index contributed by atoms with van der Waals surface area (Å²) in [6.45, 7) is 1.77. The summed E-state index contributed by atoms with van der Waals surface area (Å²) >= 11 is 3.48. The highest BCUT2D eigenvalue weighted by atomic mass is 79.9. The third kappa shape index (κ3) is 3.31. The van der Waals surface area contributed by atoms with Crippen molar-refractivity contribution in [1.29, 1.82) is 0 Å². The number of hydrogen-bond acceptors (Lipinski definition) is 2. The van der Waals surface area contributed by atoms with E-state index in [1.54, 1.807) is 25.3 Å². The van der Waals surface area contributed by atoms with Gasteiger partial charge in [0.2, 0.25) is 0 Å². The standard InChI is InChI=1S/C19H15BrN2O2/c1-13-17(19(23)24)8-3-9-18(13)21-12-16-7-4-10-22(16)15-6-2-5-14(20)11-15/h2-12H,1H3,(H,23,24). The second-order valence-corrected chi connectivity index (χ2v) is 6.21. The lowest BCUT2D eigenvalue weighted by molar-refractivity contribution is 0.0696. The molecule has 24 heavy (non-hydrogen) atoms. The monoisotopic (exact) mass is 382 g/mol. The zero-order valence-electron chi connectivity index (χ0n) is 13.0. The molecule has 0 unspecified atom stereocenters. The van der Waals surface area contributed by atoms with Crippen LogP contribution in [0.15, 0.2) is 70.3 Å². The van der Waals surface area contributed by atoms with Crippen molar-refractivity contribution >= 4 is 33.8 Å². The fraction of sp³-hybridized carbons (Fsp3) is 0.0526. The molecule has 3 aromatic rings. The van der Waals surface area contributed by atoms with Crippen molar-refractivity contribution in [3.8, 4) is 5.69 Å². The van der Waals surface area contributed by atoms with Crippen LogP contribution in [0, 0.1) is 6.92 Å². The van der Waals surface area contributed by atoms with Crippen LogP contribution in [0.4, 0.5) is 5.69 Å². The Bertz CT molecular complexity index is 929. The fourth-order valence-corrected chi connectivity index (χ4v) is 2.88. The molecule has 0 amide bonds. The molecule has 0 radical (unpaired) electrons. The number of aliphatic imine (C=N–C) groups is 1. The van der Waals surface area contributed by atoms with Crippen LogP contribution in [-0.4, -0.2) is 21.9 Å². The van der Waals surface area contributed by atoms with E-state index in [1.165, 1.54) is 0 Å². The number of hydrogen-bond donors (Lipinski definition) is 1. The molecule has 0 spiro atoms. The van der Waals surface area contributed by atoms with E-state index in [1.807, 2.05) is 53.2 Å². The van der Waals surface area contributed by atoms with Gasteiger partial charge in [0, 0.05) is 16.4 Å². The van der Waals surface area contributed by atoms with Crippen LogP contribution in [0.3, 0.4) is 0 Å². The van der Waals surface area contributed by atoms with Crippen molar-refractivity contribution in [3.05, 3.63) is 82.1 Å². The van der Waals surface area contributed by atoms with Crippen LogP contribution in [-0.2, 0) is 0 Å². The van der Waals surface area contributed by atoms with E-state index in [4.69, 9.17) is 0 Å². The van der Waals surface area contributed by atoms with Crippen LogP contribution in [0.5, 0.6) is 0 Å². The summed E-state index contributed by atoms with van der Waals surface area (Å²) < 4.78 is 3.02. The minimum absolute atomic E-state index is 0.270. The summed E-state index contributed by atoms with van der Waals surface area (Å²) in [6.07, 6.45) is 3.71. The van der Waals surface area contributed by atoms with Crippen molar-refractivity contribution in [2.45, 2.75) is 6.92 Å². The maximum atomic E-state index is 11.2. The highest BCUT2D eigenvalue weighted by Crippen LogP contribution is 2.22. The van der Waals surface area contributed by atoms with Crippen molar-refractivity contribution in [2.24, 2.45) is 4.99 Å². The van der Waals surface area contributed by atoms with Gasteiger partial charge in [0.25, 0.3) is 0 Å². The molecule has 1 aromatic heterocycles. The summed E-state index contributed by atoms with van der Waals surface area (Å²) in [5, 5.41) is 9.20. The molecule has 0 bridgehead atoms. The van der Waals surface area contributed by atoms with Gasteiger partial charge in [-0.3, -0.25) is 4.99 Å². The average molecular weight is 383 g/mol. The minimum atomic E-state index is -0.943. The van der Waals surface area contributed by atoms with E-state index in [2.05, 4.69) is 20.9 Å². The zero-order valence-corrected chi connectivity index (χ0v) is 14.6. The van der Waals surface area contributed by atoms with Gasteiger partial charge in [-0.2, -0.15) is 0 Å². The number of nitrogens with zero attached hydrogens (tertiary/aromatic N) is 2. The Hall–Kier alpha value is -2.66. The number of aromatic carboxylic acids is 1. The number of benzene rings is 2. The first-order valence-electron chi connectivity index (χ1n) is 7.36. The summed E-state index contributed by atoms with van der Waals surface area (Å²) in [6, 6.07) is 17.0. The van der Waals surface area contributed by atoms with E-state index in [0.717, 1.165) is 15.9 Å². The predicted octanol–water partition coefficient (Wildman–Crippen LogP) is 5.00. The maximum absolute atomic E-state index is 11.2. The fourth-order valence-electron chi connectivity index (χ4n) is 2.49. The van der Waals surface area contributed by atoms with Crippen LogP contribution < -0.4 is 0 Å². The Labute approximate surface area is 148 Å². The number of carbonyl (C=O) groups is 1. The molecule has 0 aliphatic heterocycles. The molecular formula is C19H15BrN2O2. The minimum Gasteiger partial charge on any atom is -0.478 e. The van der Waals surface area contributed by atoms with E-state index in [9.17, 15) is 9.90 Å². The number of rotatable bonds is 4. The van der Waals surface area contributed by atoms with Crippen molar-refractivity contribution in [1.82, 2.24) is 4.57 Å². The first-order valence-corrected chi connectivity index (χ1v) is 8.16. The highest BCUT2D eigenvalue weighted by molar-refractivity contribution is 9.10. The topological polar surface area (TPSA) is 54.6 Å².